The summed E-state index contributed by atoms with van der Waals surface area (Å²) in [5.41, 5.74) is 14.6. The van der Waals surface area contributed by atoms with Crippen molar-refractivity contribution in [1.29, 1.82) is 0 Å². The first-order valence-electron chi connectivity index (χ1n) is 17.8. The molecule has 0 spiro atoms. The van der Waals surface area contributed by atoms with Gasteiger partial charge in [-0.2, -0.15) is 0 Å². The summed E-state index contributed by atoms with van der Waals surface area (Å²) in [6.45, 7) is 4.78. The van der Waals surface area contributed by atoms with E-state index < -0.39 is 0 Å². The summed E-state index contributed by atoms with van der Waals surface area (Å²) in [6, 6.07) is 66.6. The second-order valence-corrected chi connectivity index (χ2v) is 14.2. The van der Waals surface area contributed by atoms with Gasteiger partial charge in [0.2, 0.25) is 0 Å². The summed E-state index contributed by atoms with van der Waals surface area (Å²) in [4.78, 5) is 2.46. The van der Waals surface area contributed by atoms with Crippen molar-refractivity contribution in [3.8, 4) is 27.9 Å². The van der Waals surface area contributed by atoms with Crippen LogP contribution >= 0.6 is 0 Å². The van der Waals surface area contributed by atoms with E-state index in [0.717, 1.165) is 22.7 Å². The van der Waals surface area contributed by atoms with Gasteiger partial charge in [0.1, 0.15) is 0 Å². The van der Waals surface area contributed by atoms with Crippen molar-refractivity contribution in [3.05, 3.63) is 193 Å². The Kier molecular flexibility index (Phi) is 6.56. The average molecular weight is 653 g/mol. The first-order chi connectivity index (χ1) is 25.1. The van der Waals surface area contributed by atoms with Crippen LogP contribution in [-0.4, -0.2) is 4.57 Å². The second-order valence-electron chi connectivity index (χ2n) is 14.2. The minimum atomic E-state index is -0.171. The summed E-state index contributed by atoms with van der Waals surface area (Å²) in [5.74, 6) is 0. The van der Waals surface area contributed by atoms with Crippen LogP contribution in [0.4, 0.5) is 17.1 Å². The molecule has 2 nitrogen and oxygen atoms in total. The first kappa shape index (κ1) is 29.5. The molecule has 0 saturated heterocycles. The third-order valence-corrected chi connectivity index (χ3v) is 10.9. The van der Waals surface area contributed by atoms with E-state index in [1.807, 2.05) is 0 Å². The lowest BCUT2D eigenvalue weighted by molar-refractivity contribution is 0.666. The van der Waals surface area contributed by atoms with Gasteiger partial charge in [-0.15, -0.1) is 0 Å². The molecule has 2 heteroatoms. The van der Waals surface area contributed by atoms with Crippen molar-refractivity contribution in [3.63, 3.8) is 0 Å². The normalized spacial score (nSPS) is 13.1. The maximum Gasteiger partial charge on any atom is 0.0561 e. The number of nitrogens with zero attached hydrogens (tertiary/aromatic N) is 2. The van der Waals surface area contributed by atoms with Gasteiger partial charge in [-0.1, -0.05) is 147 Å². The Labute approximate surface area is 298 Å². The minimum absolute atomic E-state index is 0.171. The van der Waals surface area contributed by atoms with Crippen LogP contribution in [0.5, 0.6) is 0 Å². The molecule has 1 aliphatic carbocycles. The predicted octanol–water partition coefficient (Wildman–Crippen LogP) is 13.4. The number of rotatable bonds is 5. The fourth-order valence-corrected chi connectivity index (χ4v) is 8.64. The van der Waals surface area contributed by atoms with E-state index >= 15 is 0 Å². The number of anilines is 3. The molecule has 1 heterocycles. The van der Waals surface area contributed by atoms with Gasteiger partial charge in [0, 0.05) is 38.8 Å². The lowest BCUT2D eigenvalue weighted by atomic mass is 9.80. The van der Waals surface area contributed by atoms with Crippen LogP contribution < -0.4 is 4.90 Å². The lowest BCUT2D eigenvalue weighted by Crippen LogP contribution is -2.17. The number of fused-ring (bicyclic) bond motifs is 8. The molecule has 0 unspecified atom stereocenters. The van der Waals surface area contributed by atoms with Gasteiger partial charge < -0.3 is 9.47 Å². The van der Waals surface area contributed by atoms with Crippen LogP contribution in [0.25, 0.3) is 60.5 Å². The average Bonchev–Trinajstić information content (AvgIpc) is 3.64. The molecule has 1 aliphatic rings. The van der Waals surface area contributed by atoms with Crippen LogP contribution in [0.15, 0.2) is 182 Å². The topological polar surface area (TPSA) is 8.17 Å². The summed E-state index contributed by atoms with van der Waals surface area (Å²) in [5, 5.41) is 5.12. The van der Waals surface area contributed by atoms with E-state index in [9.17, 15) is 0 Å². The van der Waals surface area contributed by atoms with Crippen molar-refractivity contribution in [1.82, 2.24) is 4.57 Å². The van der Waals surface area contributed by atoms with E-state index in [2.05, 4.69) is 205 Å². The lowest BCUT2D eigenvalue weighted by Gasteiger charge is -2.30. The largest absolute Gasteiger partial charge is 0.310 e. The molecule has 0 aliphatic heterocycles. The fourth-order valence-electron chi connectivity index (χ4n) is 8.64. The molecule has 9 aromatic rings. The smallest absolute Gasteiger partial charge is 0.0561 e. The van der Waals surface area contributed by atoms with E-state index in [1.54, 1.807) is 0 Å². The first-order valence-corrected chi connectivity index (χ1v) is 17.8. The Hall–Kier alpha value is -6.38. The third-order valence-electron chi connectivity index (χ3n) is 10.9. The Balaban J connectivity index is 1.24. The Bertz CT molecular complexity index is 2770. The van der Waals surface area contributed by atoms with E-state index in [0.29, 0.717) is 0 Å². The molecule has 8 aromatic carbocycles. The molecule has 51 heavy (non-hydrogen) atoms. The standard InChI is InChI=1S/C49H36N2/c1-49(2)44-31-36(26-29-40(44)43-28-25-34-17-9-10-21-39(34)48(43)49)50(45-23-13-11-20-38(45)33-15-5-3-6-16-33)37-27-30-42-41-22-12-14-24-46(41)51(47(42)32-37)35-18-7-4-8-19-35/h3-32H,1-2H3. The van der Waals surface area contributed by atoms with Crippen molar-refractivity contribution in [2.75, 3.05) is 4.90 Å². The van der Waals surface area contributed by atoms with E-state index in [-0.39, 0.29) is 5.41 Å². The quantitative estimate of drug-likeness (QED) is 0.180. The van der Waals surface area contributed by atoms with Gasteiger partial charge in [-0.25, -0.2) is 0 Å². The highest BCUT2D eigenvalue weighted by atomic mass is 15.1. The molecule has 0 fully saturated rings. The maximum atomic E-state index is 2.46. The molecule has 242 valence electrons. The van der Waals surface area contributed by atoms with Crippen molar-refractivity contribution in [2.45, 2.75) is 19.3 Å². The number of hydrogen-bond donors (Lipinski definition) is 0. The summed E-state index contributed by atoms with van der Waals surface area (Å²) in [6.07, 6.45) is 0. The highest BCUT2D eigenvalue weighted by molar-refractivity contribution is 6.10. The molecule has 1 aromatic heterocycles. The molecular formula is C49H36N2. The Morgan fingerprint density at radius 3 is 1.92 bits per heavy atom. The zero-order valence-corrected chi connectivity index (χ0v) is 28.7. The number of para-hydroxylation sites is 3. The van der Waals surface area contributed by atoms with Crippen molar-refractivity contribution in [2.24, 2.45) is 0 Å². The van der Waals surface area contributed by atoms with Crippen molar-refractivity contribution < 1.29 is 0 Å². The van der Waals surface area contributed by atoms with Crippen LogP contribution in [0.3, 0.4) is 0 Å². The Morgan fingerprint density at radius 2 is 1.08 bits per heavy atom. The van der Waals surface area contributed by atoms with Crippen LogP contribution in [-0.2, 0) is 5.41 Å². The molecule has 0 atom stereocenters. The van der Waals surface area contributed by atoms with Gasteiger partial charge >= 0.3 is 0 Å². The Morgan fingerprint density at radius 1 is 0.451 bits per heavy atom. The fraction of sp³-hybridized carbons (Fsp3) is 0.0612. The molecule has 0 amide bonds. The number of benzene rings is 8. The molecular weight excluding hydrogens is 617 g/mol. The monoisotopic (exact) mass is 652 g/mol. The molecule has 0 radical (unpaired) electrons. The number of aromatic nitrogens is 1. The molecule has 0 saturated carbocycles. The van der Waals surface area contributed by atoms with Gasteiger partial charge in [-0.3, -0.25) is 0 Å². The van der Waals surface area contributed by atoms with E-state index in [4.69, 9.17) is 0 Å². The van der Waals surface area contributed by atoms with Gasteiger partial charge in [-0.05, 0) is 87.1 Å². The van der Waals surface area contributed by atoms with Crippen LogP contribution in [0.2, 0.25) is 0 Å². The van der Waals surface area contributed by atoms with Gasteiger partial charge in [0.15, 0.2) is 0 Å². The highest BCUT2D eigenvalue weighted by Crippen LogP contribution is 2.53. The minimum Gasteiger partial charge on any atom is -0.310 e. The van der Waals surface area contributed by atoms with Crippen LogP contribution in [0, 0.1) is 0 Å². The zero-order valence-electron chi connectivity index (χ0n) is 28.7. The van der Waals surface area contributed by atoms with Crippen LogP contribution in [0.1, 0.15) is 25.0 Å². The summed E-state index contributed by atoms with van der Waals surface area (Å²) >= 11 is 0. The zero-order chi connectivity index (χ0) is 34.1. The molecule has 0 bridgehead atoms. The SMILES string of the molecule is CC1(C)c2cc(N(c3ccc4c5ccccc5n(-c5ccccc5)c4c3)c3ccccc3-c3ccccc3)ccc2-c2ccc3ccccc3c21. The van der Waals surface area contributed by atoms with E-state index in [1.165, 1.54) is 66.0 Å². The highest BCUT2D eigenvalue weighted by Gasteiger charge is 2.37. The summed E-state index contributed by atoms with van der Waals surface area (Å²) in [7, 11) is 0. The second kappa shape index (κ2) is 11.3. The van der Waals surface area contributed by atoms with Gasteiger partial charge in [0.25, 0.3) is 0 Å². The third kappa shape index (κ3) is 4.50. The number of hydrogen-bond acceptors (Lipinski definition) is 1. The van der Waals surface area contributed by atoms with Gasteiger partial charge in [0.05, 0.1) is 16.7 Å². The predicted molar refractivity (Wildman–Crippen MR) is 216 cm³/mol. The van der Waals surface area contributed by atoms with Crippen molar-refractivity contribution >= 4 is 49.6 Å². The maximum absolute atomic E-state index is 2.46. The summed E-state index contributed by atoms with van der Waals surface area (Å²) < 4.78 is 2.41. The molecule has 0 N–H and O–H groups in total. The molecule has 10 rings (SSSR count).